The summed E-state index contributed by atoms with van der Waals surface area (Å²) >= 11 is 7.83. The summed E-state index contributed by atoms with van der Waals surface area (Å²) in [5.41, 5.74) is 4.11. The van der Waals surface area contributed by atoms with Crippen molar-refractivity contribution in [2.75, 3.05) is 0 Å². The zero-order valence-corrected chi connectivity index (χ0v) is 13.1. The summed E-state index contributed by atoms with van der Waals surface area (Å²) < 4.78 is 39.3. The number of alkyl halides is 3. The number of carbonyl (C=O) groups excluding carboxylic acids is 1. The van der Waals surface area contributed by atoms with E-state index in [0.29, 0.717) is 0 Å². The van der Waals surface area contributed by atoms with Gasteiger partial charge in [-0.1, -0.05) is 28.1 Å². The molecule has 0 aromatic heterocycles. The summed E-state index contributed by atoms with van der Waals surface area (Å²) in [5, 5.41) is 2.51. The molecule has 1 amide bonds. The maximum atomic E-state index is 13.0. The van der Waals surface area contributed by atoms with Crippen LogP contribution in [0.25, 0.3) is 0 Å². The summed E-state index contributed by atoms with van der Waals surface area (Å²) in [4.78, 5) is 12.2. The molecule has 1 aliphatic carbocycles. The van der Waals surface area contributed by atoms with E-state index >= 15 is 0 Å². The molecule has 114 valence electrons. The van der Waals surface area contributed by atoms with Crippen molar-refractivity contribution >= 4 is 39.0 Å². The summed E-state index contributed by atoms with van der Waals surface area (Å²) in [7, 11) is 0. The number of rotatable bonds is 4. The molecule has 1 aliphatic rings. The van der Waals surface area contributed by atoms with E-state index in [1.165, 1.54) is 6.07 Å². The maximum Gasteiger partial charge on any atom is 0.417 e. The van der Waals surface area contributed by atoms with Crippen molar-refractivity contribution in [3.8, 4) is 0 Å². The van der Waals surface area contributed by atoms with Gasteiger partial charge in [0.25, 0.3) is 5.91 Å². The Labute approximate surface area is 133 Å². The number of hydrogen-bond acceptors (Lipinski definition) is 2. The lowest BCUT2D eigenvalue weighted by Crippen LogP contribution is -2.45. The van der Waals surface area contributed by atoms with Crippen LogP contribution in [-0.2, 0) is 6.18 Å². The molecule has 1 atom stereocenters. The number of hydrogen-bond donors (Lipinski definition) is 2. The Hall–Kier alpha value is -1.15. The Bertz CT molecular complexity index is 587. The van der Waals surface area contributed by atoms with Gasteiger partial charge in [-0.3, -0.25) is 4.79 Å². The van der Waals surface area contributed by atoms with E-state index in [0.717, 1.165) is 25.0 Å². The third-order valence-electron chi connectivity index (χ3n) is 3.22. The number of halogens is 4. The molecule has 1 unspecified atom stereocenters. The first-order chi connectivity index (χ1) is 9.70. The van der Waals surface area contributed by atoms with Gasteiger partial charge in [-0.15, -0.1) is 0 Å². The molecule has 0 bridgehead atoms. The van der Waals surface area contributed by atoms with Crippen LogP contribution in [0.15, 0.2) is 22.7 Å². The molecule has 21 heavy (non-hydrogen) atoms. The van der Waals surface area contributed by atoms with E-state index in [2.05, 4.69) is 21.2 Å². The van der Waals surface area contributed by atoms with E-state index < -0.39 is 29.3 Å². The van der Waals surface area contributed by atoms with E-state index in [1.807, 2.05) is 0 Å². The first-order valence-electron chi connectivity index (χ1n) is 6.17. The third kappa shape index (κ3) is 3.94. The molecule has 1 fully saturated rings. The zero-order chi connectivity index (χ0) is 15.8. The summed E-state index contributed by atoms with van der Waals surface area (Å²) in [6.45, 7) is 0. The molecule has 1 aromatic rings. The van der Waals surface area contributed by atoms with Crippen molar-refractivity contribution in [3.05, 3.63) is 33.8 Å². The molecule has 3 N–H and O–H groups in total. The standard InChI is InChI=1S/C13H12BrF3N2OS/c14-7-3-4-8(9(5-7)13(15,16)17)12(20)19-10(11(18)21)6-1-2-6/h3-6,10H,1-2H2,(H2,18,21)(H,19,20). The SMILES string of the molecule is NC(=S)C(NC(=O)c1ccc(Br)cc1C(F)(F)F)C1CC1. The molecule has 0 spiro atoms. The summed E-state index contributed by atoms with van der Waals surface area (Å²) in [5.74, 6) is -0.698. The smallest absolute Gasteiger partial charge is 0.392 e. The van der Waals surface area contributed by atoms with E-state index in [9.17, 15) is 18.0 Å². The lowest BCUT2D eigenvalue weighted by molar-refractivity contribution is -0.138. The van der Waals surface area contributed by atoms with Crippen LogP contribution in [0.2, 0.25) is 0 Å². The van der Waals surface area contributed by atoms with Crippen LogP contribution in [0.5, 0.6) is 0 Å². The van der Waals surface area contributed by atoms with Gasteiger partial charge in [-0.25, -0.2) is 0 Å². The lowest BCUT2D eigenvalue weighted by Gasteiger charge is -2.19. The maximum absolute atomic E-state index is 13.0. The van der Waals surface area contributed by atoms with Crippen molar-refractivity contribution < 1.29 is 18.0 Å². The number of carbonyl (C=O) groups is 1. The largest absolute Gasteiger partial charge is 0.417 e. The number of nitrogens with one attached hydrogen (secondary N) is 1. The highest BCUT2D eigenvalue weighted by Crippen LogP contribution is 2.35. The molecule has 0 saturated heterocycles. The van der Waals surface area contributed by atoms with Crippen LogP contribution >= 0.6 is 28.1 Å². The molecule has 3 nitrogen and oxygen atoms in total. The number of thiocarbonyl (C=S) groups is 1. The van der Waals surface area contributed by atoms with Crippen molar-refractivity contribution in [1.29, 1.82) is 0 Å². The average molecular weight is 381 g/mol. The minimum Gasteiger partial charge on any atom is -0.392 e. The molecule has 8 heteroatoms. The second-order valence-electron chi connectivity index (χ2n) is 4.88. The van der Waals surface area contributed by atoms with Gasteiger partial charge in [0.15, 0.2) is 0 Å². The van der Waals surface area contributed by atoms with Gasteiger partial charge < -0.3 is 11.1 Å². The Kier molecular flexibility index (Phi) is 4.57. The fraction of sp³-hybridized carbons (Fsp3) is 0.385. The molecule has 2 rings (SSSR count). The van der Waals surface area contributed by atoms with Crippen molar-refractivity contribution in [2.45, 2.75) is 25.1 Å². The van der Waals surface area contributed by atoms with Gasteiger partial charge in [0.2, 0.25) is 0 Å². The molecule has 0 heterocycles. The Morgan fingerprint density at radius 1 is 1.43 bits per heavy atom. The topological polar surface area (TPSA) is 55.1 Å². The van der Waals surface area contributed by atoms with Gasteiger partial charge in [0, 0.05) is 4.47 Å². The number of benzene rings is 1. The van der Waals surface area contributed by atoms with Crippen LogP contribution in [-0.4, -0.2) is 16.9 Å². The second kappa shape index (κ2) is 5.92. The quantitative estimate of drug-likeness (QED) is 0.788. The first-order valence-corrected chi connectivity index (χ1v) is 7.37. The van der Waals surface area contributed by atoms with Crippen LogP contribution in [0.4, 0.5) is 13.2 Å². The van der Waals surface area contributed by atoms with Gasteiger partial charge in [-0.05, 0) is 37.0 Å². The van der Waals surface area contributed by atoms with Crippen LogP contribution < -0.4 is 11.1 Å². The minimum atomic E-state index is -4.62. The van der Waals surface area contributed by atoms with Gasteiger partial charge >= 0.3 is 6.18 Å². The third-order valence-corrected chi connectivity index (χ3v) is 3.97. The molecule has 1 saturated carbocycles. The van der Waals surface area contributed by atoms with E-state index in [1.54, 1.807) is 0 Å². The van der Waals surface area contributed by atoms with Crippen molar-refractivity contribution in [2.24, 2.45) is 11.7 Å². The predicted molar refractivity (Wildman–Crippen MR) is 79.9 cm³/mol. The van der Waals surface area contributed by atoms with E-state index in [4.69, 9.17) is 18.0 Å². The predicted octanol–water partition coefficient (Wildman–Crippen LogP) is 3.26. The highest BCUT2D eigenvalue weighted by Gasteiger charge is 2.38. The Morgan fingerprint density at radius 2 is 2.05 bits per heavy atom. The Morgan fingerprint density at radius 3 is 2.52 bits per heavy atom. The molecular weight excluding hydrogens is 369 g/mol. The highest BCUT2D eigenvalue weighted by atomic mass is 79.9. The molecular formula is C13H12BrF3N2OS. The Balaban J connectivity index is 2.28. The number of nitrogens with two attached hydrogens (primary N) is 1. The van der Waals surface area contributed by atoms with Gasteiger partial charge in [0.05, 0.1) is 22.2 Å². The molecule has 0 radical (unpaired) electrons. The summed E-state index contributed by atoms with van der Waals surface area (Å²) in [6, 6.07) is 2.84. The highest BCUT2D eigenvalue weighted by molar-refractivity contribution is 9.10. The fourth-order valence-corrected chi connectivity index (χ4v) is 2.63. The normalized spacial score (nSPS) is 16.4. The lowest BCUT2D eigenvalue weighted by atomic mass is 10.1. The monoisotopic (exact) mass is 380 g/mol. The fourth-order valence-electron chi connectivity index (χ4n) is 2.02. The molecule has 0 aliphatic heterocycles. The zero-order valence-electron chi connectivity index (χ0n) is 10.7. The van der Waals surface area contributed by atoms with Crippen LogP contribution in [0.1, 0.15) is 28.8 Å². The van der Waals surface area contributed by atoms with Crippen LogP contribution in [0.3, 0.4) is 0 Å². The second-order valence-corrected chi connectivity index (χ2v) is 6.27. The number of amides is 1. The summed E-state index contributed by atoms with van der Waals surface area (Å²) in [6.07, 6.45) is -2.90. The van der Waals surface area contributed by atoms with Gasteiger partial charge in [0.1, 0.15) is 0 Å². The van der Waals surface area contributed by atoms with Crippen molar-refractivity contribution in [1.82, 2.24) is 5.32 Å². The minimum absolute atomic E-state index is 0.0940. The first kappa shape index (κ1) is 16.2. The average Bonchev–Trinajstić information content (AvgIpc) is 3.18. The van der Waals surface area contributed by atoms with Gasteiger partial charge in [-0.2, -0.15) is 13.2 Å². The van der Waals surface area contributed by atoms with Crippen molar-refractivity contribution in [3.63, 3.8) is 0 Å². The van der Waals surface area contributed by atoms with E-state index in [-0.39, 0.29) is 15.4 Å². The molecule has 1 aromatic carbocycles. The van der Waals surface area contributed by atoms with Crippen LogP contribution in [0, 0.1) is 5.92 Å².